The lowest BCUT2D eigenvalue weighted by molar-refractivity contribution is 0.278. The highest BCUT2D eigenvalue weighted by atomic mass is 19.1. The van der Waals surface area contributed by atoms with Gasteiger partial charge in [-0.25, -0.2) is 4.39 Å². The molecule has 0 unspecified atom stereocenters. The van der Waals surface area contributed by atoms with E-state index in [1.807, 2.05) is 60.7 Å². The van der Waals surface area contributed by atoms with Gasteiger partial charge < -0.3 is 9.62 Å². The molecule has 0 aliphatic rings. The minimum absolute atomic E-state index is 0.0627. The van der Waals surface area contributed by atoms with Crippen LogP contribution in [-0.2, 0) is 0 Å². The van der Waals surface area contributed by atoms with Gasteiger partial charge in [-0.2, -0.15) is 0 Å². The first kappa shape index (κ1) is 16.0. The van der Waals surface area contributed by atoms with Crippen molar-refractivity contribution in [1.29, 1.82) is 0 Å². The monoisotopic (exact) mass is 323 g/mol. The van der Waals surface area contributed by atoms with Crippen LogP contribution in [0.15, 0.2) is 76.3 Å². The van der Waals surface area contributed by atoms with Crippen molar-refractivity contribution >= 4 is 5.71 Å². The maximum atomic E-state index is 14.5. The van der Waals surface area contributed by atoms with Crippen LogP contribution in [0.4, 0.5) is 4.39 Å². The van der Waals surface area contributed by atoms with Gasteiger partial charge in [-0.15, -0.1) is 0 Å². The van der Waals surface area contributed by atoms with Crippen molar-refractivity contribution in [2.45, 2.75) is 19.5 Å². The van der Waals surface area contributed by atoms with Crippen LogP contribution in [0.2, 0.25) is 0 Å². The van der Waals surface area contributed by atoms with Crippen LogP contribution in [0.1, 0.15) is 19.4 Å². The fourth-order valence-electron chi connectivity index (χ4n) is 2.61. The second-order valence-electron chi connectivity index (χ2n) is 6.01. The van der Waals surface area contributed by atoms with Gasteiger partial charge in [0.2, 0.25) is 0 Å². The molecule has 0 aliphatic carbocycles. The molecule has 3 nitrogen and oxygen atoms in total. The summed E-state index contributed by atoms with van der Waals surface area (Å²) in [5.74, 6) is 1.07. The van der Waals surface area contributed by atoms with Crippen LogP contribution in [0.25, 0.3) is 22.6 Å². The smallest absolute Gasteiger partial charge is 0.151 e. The molecule has 2 aromatic carbocycles. The Hall–Kier alpha value is -2.88. The van der Waals surface area contributed by atoms with Crippen molar-refractivity contribution in [1.82, 2.24) is 0 Å². The standard InChI is InChI=1S/C20H18FNO2/c1-20(2,21)19(22-23)16-13-17(14-9-5-3-6-10-14)24-18(16)15-11-7-4-8-12-15/h3-13,23H,1-2H3/b22-19+. The van der Waals surface area contributed by atoms with Gasteiger partial charge >= 0.3 is 0 Å². The first-order chi connectivity index (χ1) is 11.5. The topological polar surface area (TPSA) is 45.7 Å². The summed E-state index contributed by atoms with van der Waals surface area (Å²) in [6.45, 7) is 2.71. The van der Waals surface area contributed by atoms with E-state index in [0.717, 1.165) is 11.1 Å². The summed E-state index contributed by atoms with van der Waals surface area (Å²) in [6.07, 6.45) is 0. The molecule has 1 aromatic heterocycles. The lowest BCUT2D eigenvalue weighted by Gasteiger charge is -2.15. The molecule has 122 valence electrons. The molecular formula is C20H18FNO2. The highest BCUT2D eigenvalue weighted by Gasteiger charge is 2.31. The first-order valence-corrected chi connectivity index (χ1v) is 7.67. The van der Waals surface area contributed by atoms with Gasteiger partial charge in [-0.05, 0) is 19.9 Å². The van der Waals surface area contributed by atoms with Crippen LogP contribution < -0.4 is 0 Å². The molecule has 0 saturated carbocycles. The maximum Gasteiger partial charge on any atom is 0.151 e. The number of halogens is 1. The zero-order valence-corrected chi connectivity index (χ0v) is 13.5. The Labute approximate surface area is 140 Å². The molecule has 1 heterocycles. The van der Waals surface area contributed by atoms with Crippen molar-refractivity contribution in [2.75, 3.05) is 0 Å². The summed E-state index contributed by atoms with van der Waals surface area (Å²) in [7, 11) is 0. The molecule has 4 heteroatoms. The van der Waals surface area contributed by atoms with Crippen molar-refractivity contribution in [3.63, 3.8) is 0 Å². The zero-order valence-electron chi connectivity index (χ0n) is 13.5. The molecule has 24 heavy (non-hydrogen) atoms. The predicted octanol–water partition coefficient (Wildman–Crippen LogP) is 5.54. The molecule has 0 saturated heterocycles. The highest BCUT2D eigenvalue weighted by Crippen LogP contribution is 2.35. The van der Waals surface area contributed by atoms with Gasteiger partial charge in [0.1, 0.15) is 17.2 Å². The van der Waals surface area contributed by atoms with E-state index < -0.39 is 5.67 Å². The number of rotatable bonds is 4. The van der Waals surface area contributed by atoms with Gasteiger partial charge in [0.25, 0.3) is 0 Å². The molecule has 1 N–H and O–H groups in total. The Morgan fingerprint density at radius 1 is 0.958 bits per heavy atom. The van der Waals surface area contributed by atoms with Crippen LogP contribution in [0, 0.1) is 0 Å². The number of oxime groups is 1. The van der Waals surface area contributed by atoms with Gasteiger partial charge in [0, 0.05) is 16.7 Å². The van der Waals surface area contributed by atoms with Gasteiger partial charge in [0.05, 0.1) is 0 Å². The molecule has 0 atom stereocenters. The second-order valence-corrected chi connectivity index (χ2v) is 6.01. The van der Waals surface area contributed by atoms with E-state index in [9.17, 15) is 9.60 Å². The number of alkyl halides is 1. The van der Waals surface area contributed by atoms with E-state index >= 15 is 0 Å². The van der Waals surface area contributed by atoms with Crippen LogP contribution in [0.3, 0.4) is 0 Å². The number of furan rings is 1. The first-order valence-electron chi connectivity index (χ1n) is 7.67. The third-order valence-electron chi connectivity index (χ3n) is 3.74. The van der Waals surface area contributed by atoms with Crippen LogP contribution in [0.5, 0.6) is 0 Å². The van der Waals surface area contributed by atoms with Gasteiger partial charge in [0.15, 0.2) is 5.67 Å². The fraction of sp³-hybridized carbons (Fsp3) is 0.150. The molecule has 0 fully saturated rings. The summed E-state index contributed by atoms with van der Waals surface area (Å²) in [4.78, 5) is 0. The summed E-state index contributed by atoms with van der Waals surface area (Å²) >= 11 is 0. The molecule has 3 aromatic rings. The minimum Gasteiger partial charge on any atom is -0.455 e. The Balaban J connectivity index is 2.21. The average molecular weight is 323 g/mol. The van der Waals surface area contributed by atoms with Crippen molar-refractivity contribution in [3.05, 3.63) is 72.3 Å². The van der Waals surface area contributed by atoms with Crippen molar-refractivity contribution in [2.24, 2.45) is 5.16 Å². The van der Waals surface area contributed by atoms with E-state index in [4.69, 9.17) is 4.42 Å². The molecule has 0 radical (unpaired) electrons. The Morgan fingerprint density at radius 2 is 1.50 bits per heavy atom. The Bertz CT molecular complexity index is 846. The molecule has 3 rings (SSSR count). The summed E-state index contributed by atoms with van der Waals surface area (Å²) < 4.78 is 20.5. The van der Waals surface area contributed by atoms with E-state index in [1.54, 1.807) is 6.07 Å². The lowest BCUT2D eigenvalue weighted by Crippen LogP contribution is -2.27. The minimum atomic E-state index is -1.81. The third-order valence-corrected chi connectivity index (χ3v) is 3.74. The summed E-state index contributed by atoms with van der Waals surface area (Å²) in [6, 6.07) is 20.6. The van der Waals surface area contributed by atoms with Gasteiger partial charge in [-0.3, -0.25) is 0 Å². The largest absolute Gasteiger partial charge is 0.455 e. The fourth-order valence-corrected chi connectivity index (χ4v) is 2.61. The Morgan fingerprint density at radius 3 is 2.00 bits per heavy atom. The predicted molar refractivity (Wildman–Crippen MR) is 93.1 cm³/mol. The van der Waals surface area contributed by atoms with Crippen LogP contribution >= 0.6 is 0 Å². The molecule has 0 amide bonds. The number of nitrogens with zero attached hydrogens (tertiary/aromatic N) is 1. The second kappa shape index (κ2) is 6.32. The van der Waals surface area contributed by atoms with E-state index in [0.29, 0.717) is 17.1 Å². The average Bonchev–Trinajstić information content (AvgIpc) is 3.01. The van der Waals surface area contributed by atoms with Crippen molar-refractivity contribution in [3.8, 4) is 22.6 Å². The quantitative estimate of drug-likeness (QED) is 0.389. The Kier molecular flexibility index (Phi) is 4.21. The highest BCUT2D eigenvalue weighted by molar-refractivity contribution is 6.10. The normalized spacial score (nSPS) is 12.4. The summed E-state index contributed by atoms with van der Waals surface area (Å²) in [5, 5.41) is 12.6. The van der Waals surface area contributed by atoms with E-state index in [-0.39, 0.29) is 5.71 Å². The van der Waals surface area contributed by atoms with Crippen molar-refractivity contribution < 1.29 is 14.0 Å². The molecule has 0 spiro atoms. The maximum absolute atomic E-state index is 14.5. The SMILES string of the molecule is CC(C)(F)/C(=N/O)c1cc(-c2ccccc2)oc1-c1ccccc1. The van der Waals surface area contributed by atoms with E-state index in [1.165, 1.54) is 13.8 Å². The summed E-state index contributed by atoms with van der Waals surface area (Å²) in [5.41, 5.74) is 0.230. The molecule has 0 bridgehead atoms. The van der Waals surface area contributed by atoms with Gasteiger partial charge in [-0.1, -0.05) is 65.8 Å². The zero-order chi connectivity index (χ0) is 17.2. The molecular weight excluding hydrogens is 305 g/mol. The third kappa shape index (κ3) is 3.08. The van der Waals surface area contributed by atoms with E-state index in [2.05, 4.69) is 5.16 Å². The lowest BCUT2D eigenvalue weighted by atomic mass is 9.95. The molecule has 0 aliphatic heterocycles. The van der Waals surface area contributed by atoms with Crippen LogP contribution in [-0.4, -0.2) is 16.6 Å². The number of benzene rings is 2. The number of hydrogen-bond acceptors (Lipinski definition) is 3. The number of hydrogen-bond donors (Lipinski definition) is 1.